The molecule has 184 valence electrons. The fraction of sp³-hybridized carbons (Fsp3) is 0.346. The molecular formula is C26H31N5O3S. The predicted octanol–water partition coefficient (Wildman–Crippen LogP) is 5.46. The van der Waals surface area contributed by atoms with Crippen molar-refractivity contribution < 1.29 is 14.3 Å². The van der Waals surface area contributed by atoms with Crippen molar-refractivity contribution in [3.63, 3.8) is 0 Å². The molecule has 0 aliphatic heterocycles. The number of aromatic nitrogens is 3. The van der Waals surface area contributed by atoms with Gasteiger partial charge in [0.05, 0.1) is 17.7 Å². The number of carbonyl (C=O) groups excluding carboxylic acids is 2. The first-order valence-electron chi connectivity index (χ1n) is 11.5. The van der Waals surface area contributed by atoms with Gasteiger partial charge >= 0.3 is 0 Å². The second-order valence-electron chi connectivity index (χ2n) is 9.75. The van der Waals surface area contributed by atoms with Crippen molar-refractivity contribution in [1.29, 1.82) is 0 Å². The van der Waals surface area contributed by atoms with Crippen LogP contribution in [0.4, 0.5) is 11.5 Å². The smallest absolute Gasteiger partial charge is 0.266 e. The van der Waals surface area contributed by atoms with E-state index in [2.05, 4.69) is 41.3 Å². The second kappa shape index (κ2) is 10.1. The molecule has 0 spiro atoms. The van der Waals surface area contributed by atoms with Gasteiger partial charge in [0.2, 0.25) is 5.91 Å². The van der Waals surface area contributed by atoms with Crippen LogP contribution >= 0.6 is 11.3 Å². The fourth-order valence-corrected chi connectivity index (χ4v) is 4.80. The Labute approximate surface area is 208 Å². The summed E-state index contributed by atoms with van der Waals surface area (Å²) < 4.78 is 5.31. The number of benzene rings is 1. The summed E-state index contributed by atoms with van der Waals surface area (Å²) in [7, 11) is 3.45. The zero-order chi connectivity index (χ0) is 25.2. The number of nitrogens with zero attached hydrogens (tertiary/aromatic N) is 2. The van der Waals surface area contributed by atoms with Crippen LogP contribution in [0.15, 0.2) is 42.7 Å². The summed E-state index contributed by atoms with van der Waals surface area (Å²) in [4.78, 5) is 32.4. The van der Waals surface area contributed by atoms with Crippen LogP contribution in [0.25, 0.3) is 21.3 Å². The molecule has 0 saturated carbocycles. The maximum absolute atomic E-state index is 13.1. The Hall–Kier alpha value is -3.43. The van der Waals surface area contributed by atoms with Crippen molar-refractivity contribution in [2.75, 3.05) is 31.0 Å². The zero-order valence-electron chi connectivity index (χ0n) is 20.7. The molecule has 0 saturated heterocycles. The first-order valence-corrected chi connectivity index (χ1v) is 12.3. The summed E-state index contributed by atoms with van der Waals surface area (Å²) >= 11 is 1.41. The van der Waals surface area contributed by atoms with Crippen LogP contribution in [0.1, 0.15) is 42.4 Å². The molecule has 0 unspecified atom stereocenters. The summed E-state index contributed by atoms with van der Waals surface area (Å²) in [5, 5.41) is 10.8. The number of hydrogen-bond acceptors (Lipinski definition) is 5. The summed E-state index contributed by atoms with van der Waals surface area (Å²) in [5.41, 5.74) is 3.47. The first kappa shape index (κ1) is 24.7. The number of rotatable bonds is 8. The van der Waals surface area contributed by atoms with E-state index in [0.717, 1.165) is 32.6 Å². The predicted molar refractivity (Wildman–Crippen MR) is 141 cm³/mol. The van der Waals surface area contributed by atoms with Crippen molar-refractivity contribution in [3.8, 4) is 10.4 Å². The molecular weight excluding hydrogens is 462 g/mol. The van der Waals surface area contributed by atoms with Crippen LogP contribution in [0, 0.1) is 5.41 Å². The van der Waals surface area contributed by atoms with Crippen molar-refractivity contribution in [2.45, 2.75) is 33.6 Å². The number of methoxy groups -OCH3 is 1. The molecule has 4 rings (SSSR count). The summed E-state index contributed by atoms with van der Waals surface area (Å²) in [6.07, 6.45) is 4.62. The molecule has 3 aromatic heterocycles. The fourth-order valence-electron chi connectivity index (χ4n) is 3.91. The topological polar surface area (TPSA) is 103 Å². The van der Waals surface area contributed by atoms with Crippen molar-refractivity contribution in [3.05, 3.63) is 53.2 Å². The lowest BCUT2D eigenvalue weighted by molar-refractivity contribution is -0.120. The highest BCUT2D eigenvalue weighted by Gasteiger charge is 2.21. The SMILES string of the molecule is COCCc1c(NC(=O)c2ccc(-c3cn[nH]c3)s2)[nH]c2cc(N(C)C(=O)CC(C)(C)C)ccc12. The highest BCUT2D eigenvalue weighted by molar-refractivity contribution is 7.17. The van der Waals surface area contributed by atoms with Crippen LogP contribution in [0.3, 0.4) is 0 Å². The molecule has 0 fully saturated rings. The van der Waals surface area contributed by atoms with Gasteiger partial charge < -0.3 is 19.9 Å². The Morgan fingerprint density at radius 1 is 1.20 bits per heavy atom. The normalized spacial score (nSPS) is 11.7. The Balaban J connectivity index is 1.61. The monoisotopic (exact) mass is 493 g/mol. The van der Waals surface area contributed by atoms with Crippen LogP contribution in [0.2, 0.25) is 0 Å². The molecule has 0 aliphatic carbocycles. The minimum absolute atomic E-state index is 0.0580. The van der Waals surface area contributed by atoms with E-state index in [9.17, 15) is 9.59 Å². The Morgan fingerprint density at radius 3 is 2.69 bits per heavy atom. The van der Waals surface area contributed by atoms with Gasteiger partial charge in [-0.3, -0.25) is 14.7 Å². The van der Waals surface area contributed by atoms with Crippen LogP contribution < -0.4 is 10.2 Å². The summed E-state index contributed by atoms with van der Waals surface area (Å²) in [6, 6.07) is 9.61. The Morgan fingerprint density at radius 2 is 2.00 bits per heavy atom. The van der Waals surface area contributed by atoms with Gasteiger partial charge in [-0.05, 0) is 36.1 Å². The summed E-state index contributed by atoms with van der Waals surface area (Å²) in [5.74, 6) is 0.511. The van der Waals surface area contributed by atoms with Gasteiger partial charge in [-0.2, -0.15) is 5.10 Å². The Bertz CT molecular complexity index is 1330. The number of anilines is 2. The maximum atomic E-state index is 13.1. The number of H-pyrrole nitrogens is 2. The van der Waals surface area contributed by atoms with E-state index < -0.39 is 0 Å². The average Bonchev–Trinajstić information content (AvgIpc) is 3.55. The van der Waals surface area contributed by atoms with E-state index in [-0.39, 0.29) is 17.2 Å². The number of fused-ring (bicyclic) bond motifs is 1. The van der Waals surface area contributed by atoms with E-state index in [1.54, 1.807) is 31.5 Å². The minimum Gasteiger partial charge on any atom is -0.384 e. The zero-order valence-corrected chi connectivity index (χ0v) is 21.5. The minimum atomic E-state index is -0.187. The number of nitrogens with one attached hydrogen (secondary N) is 3. The first-order chi connectivity index (χ1) is 16.7. The van der Waals surface area contributed by atoms with E-state index in [1.165, 1.54) is 11.3 Å². The molecule has 2 amide bonds. The molecule has 0 bridgehead atoms. The molecule has 9 heteroatoms. The third-order valence-corrected chi connectivity index (χ3v) is 6.87. The molecule has 3 heterocycles. The van der Waals surface area contributed by atoms with Crippen molar-refractivity contribution in [1.82, 2.24) is 15.2 Å². The molecule has 0 radical (unpaired) electrons. The molecule has 0 aliphatic rings. The van der Waals surface area contributed by atoms with Crippen molar-refractivity contribution in [2.24, 2.45) is 5.41 Å². The highest BCUT2D eigenvalue weighted by Crippen LogP contribution is 2.32. The van der Waals surface area contributed by atoms with E-state index in [4.69, 9.17) is 4.74 Å². The van der Waals surface area contributed by atoms with Crippen LogP contribution in [0.5, 0.6) is 0 Å². The van der Waals surface area contributed by atoms with E-state index in [1.807, 2.05) is 30.3 Å². The summed E-state index contributed by atoms with van der Waals surface area (Å²) in [6.45, 7) is 6.67. The molecule has 8 nitrogen and oxygen atoms in total. The number of carbonyl (C=O) groups is 2. The number of hydrogen-bond donors (Lipinski definition) is 3. The number of ether oxygens (including phenoxy) is 1. The number of aromatic amines is 2. The van der Waals surface area contributed by atoms with Gasteiger partial charge in [0.25, 0.3) is 5.91 Å². The number of amides is 2. The van der Waals surface area contributed by atoms with Gasteiger partial charge in [-0.25, -0.2) is 0 Å². The molecule has 3 N–H and O–H groups in total. The lowest BCUT2D eigenvalue weighted by Gasteiger charge is -2.23. The lowest BCUT2D eigenvalue weighted by Crippen LogP contribution is -2.29. The quantitative estimate of drug-likeness (QED) is 0.303. The van der Waals surface area contributed by atoms with Crippen LogP contribution in [-0.2, 0) is 16.0 Å². The van der Waals surface area contributed by atoms with Gasteiger partial charge in [0.15, 0.2) is 0 Å². The third kappa shape index (κ3) is 5.63. The maximum Gasteiger partial charge on any atom is 0.266 e. The molecule has 1 aromatic carbocycles. The standard InChI is InChI=1S/C26H31N5O3S/c1-26(2,3)13-23(32)31(4)17-6-7-18-19(10-11-34-5)24(29-20(18)12-17)30-25(33)22-9-8-21(35-22)16-14-27-28-15-16/h6-9,12,14-15,29H,10-11,13H2,1-5H3,(H,27,28)(H,30,33). The van der Waals surface area contributed by atoms with Gasteiger partial charge in [-0.1, -0.05) is 26.8 Å². The number of thiophene rings is 1. The second-order valence-corrected chi connectivity index (χ2v) is 10.8. The van der Waals surface area contributed by atoms with Gasteiger partial charge in [-0.15, -0.1) is 11.3 Å². The van der Waals surface area contributed by atoms with E-state index in [0.29, 0.717) is 30.1 Å². The van der Waals surface area contributed by atoms with Gasteiger partial charge in [0.1, 0.15) is 5.82 Å². The third-order valence-electron chi connectivity index (χ3n) is 5.74. The lowest BCUT2D eigenvalue weighted by atomic mass is 9.91. The average molecular weight is 494 g/mol. The van der Waals surface area contributed by atoms with Gasteiger partial charge in [0, 0.05) is 59.4 Å². The molecule has 4 aromatic rings. The van der Waals surface area contributed by atoms with Crippen LogP contribution in [-0.4, -0.2) is 47.8 Å². The Kier molecular flexibility index (Phi) is 7.09. The molecule has 35 heavy (non-hydrogen) atoms. The highest BCUT2D eigenvalue weighted by atomic mass is 32.1. The largest absolute Gasteiger partial charge is 0.384 e. The van der Waals surface area contributed by atoms with Crippen molar-refractivity contribution >= 4 is 45.6 Å². The van der Waals surface area contributed by atoms with E-state index >= 15 is 0 Å². The molecule has 0 atom stereocenters.